The van der Waals surface area contributed by atoms with Gasteiger partial charge in [-0.1, -0.05) is 12.8 Å². The molecule has 3 atom stereocenters. The van der Waals surface area contributed by atoms with Crippen LogP contribution < -0.4 is 5.73 Å². The summed E-state index contributed by atoms with van der Waals surface area (Å²) in [5, 5.41) is 0. The molecule has 2 aliphatic rings. The van der Waals surface area contributed by atoms with E-state index in [1.165, 1.54) is 12.8 Å². The number of piperidine rings is 1. The van der Waals surface area contributed by atoms with Crippen LogP contribution in [0.2, 0.25) is 0 Å². The third-order valence-electron chi connectivity index (χ3n) is 5.09. The average Bonchev–Trinajstić information content (AvgIpc) is 2.82. The molecule has 2 N–H and O–H groups in total. The Morgan fingerprint density at radius 1 is 1.24 bits per heavy atom. The van der Waals surface area contributed by atoms with Gasteiger partial charge in [0.1, 0.15) is 0 Å². The maximum Gasteiger partial charge on any atom is 0.239 e. The Hall–Kier alpha value is -0.650. The second kappa shape index (κ2) is 8.11. The second-order valence-corrected chi connectivity index (χ2v) is 6.42. The van der Waals surface area contributed by atoms with Crippen LogP contribution in [0.15, 0.2) is 0 Å². The predicted octanol–water partition coefficient (Wildman–Crippen LogP) is 1.22. The molecule has 0 saturated carbocycles. The number of nitrogens with two attached hydrogens (primary N) is 1. The standard InChI is InChI=1S/C16H31N3O2/c1-13(16(20)18-8-5-3-4-6-9-18)19-10-7-15(21-2)11-14(19)12-17/h13-15H,3-12,17H2,1-2H3. The van der Waals surface area contributed by atoms with E-state index in [9.17, 15) is 4.79 Å². The SMILES string of the molecule is COC1CCN(C(C)C(=O)N2CCCCCC2)C(CN)C1. The molecule has 2 fully saturated rings. The Labute approximate surface area is 128 Å². The first-order valence-electron chi connectivity index (χ1n) is 8.44. The molecule has 0 aromatic rings. The van der Waals surface area contributed by atoms with Gasteiger partial charge in [0.25, 0.3) is 0 Å². The Balaban J connectivity index is 1.96. The van der Waals surface area contributed by atoms with E-state index >= 15 is 0 Å². The fourth-order valence-electron chi connectivity index (χ4n) is 3.69. The minimum atomic E-state index is -0.0607. The lowest BCUT2D eigenvalue weighted by molar-refractivity contribution is -0.138. The van der Waals surface area contributed by atoms with E-state index in [0.29, 0.717) is 6.54 Å². The number of likely N-dealkylation sites (tertiary alicyclic amines) is 2. The molecule has 2 saturated heterocycles. The zero-order valence-electron chi connectivity index (χ0n) is 13.6. The van der Waals surface area contributed by atoms with Crippen LogP contribution in [0.4, 0.5) is 0 Å². The first-order valence-corrected chi connectivity index (χ1v) is 8.44. The zero-order chi connectivity index (χ0) is 15.2. The number of methoxy groups -OCH3 is 1. The van der Waals surface area contributed by atoms with Crippen LogP contribution in [0.25, 0.3) is 0 Å². The third kappa shape index (κ3) is 4.18. The maximum atomic E-state index is 12.8. The molecule has 122 valence electrons. The minimum absolute atomic E-state index is 0.0607. The number of hydrogen-bond donors (Lipinski definition) is 1. The number of carbonyl (C=O) groups excluding carboxylic acids is 1. The van der Waals surface area contributed by atoms with Crippen LogP contribution in [0.1, 0.15) is 45.4 Å². The Morgan fingerprint density at radius 2 is 1.90 bits per heavy atom. The molecule has 2 heterocycles. The van der Waals surface area contributed by atoms with Crippen molar-refractivity contribution in [3.63, 3.8) is 0 Å². The highest BCUT2D eigenvalue weighted by Gasteiger charge is 2.35. The molecular weight excluding hydrogens is 266 g/mol. The van der Waals surface area contributed by atoms with Crippen LogP contribution in [0.3, 0.4) is 0 Å². The van der Waals surface area contributed by atoms with Gasteiger partial charge in [0.15, 0.2) is 0 Å². The number of nitrogens with zero attached hydrogens (tertiary/aromatic N) is 2. The van der Waals surface area contributed by atoms with Gasteiger partial charge >= 0.3 is 0 Å². The Bertz CT molecular complexity index is 329. The molecule has 3 unspecified atom stereocenters. The lowest BCUT2D eigenvalue weighted by Gasteiger charge is -2.42. The summed E-state index contributed by atoms with van der Waals surface area (Å²) < 4.78 is 5.47. The Kier molecular flexibility index (Phi) is 6.45. The first-order chi connectivity index (χ1) is 10.2. The van der Waals surface area contributed by atoms with Crippen molar-refractivity contribution in [1.29, 1.82) is 0 Å². The number of amides is 1. The van der Waals surface area contributed by atoms with Crippen molar-refractivity contribution < 1.29 is 9.53 Å². The molecule has 0 bridgehead atoms. The fourth-order valence-corrected chi connectivity index (χ4v) is 3.69. The fraction of sp³-hybridized carbons (Fsp3) is 0.938. The van der Waals surface area contributed by atoms with Gasteiger partial charge in [0.2, 0.25) is 5.91 Å². The summed E-state index contributed by atoms with van der Waals surface area (Å²) in [5.41, 5.74) is 5.93. The lowest BCUT2D eigenvalue weighted by Crippen LogP contribution is -2.57. The molecular formula is C16H31N3O2. The molecule has 0 spiro atoms. The highest BCUT2D eigenvalue weighted by Crippen LogP contribution is 2.23. The van der Waals surface area contributed by atoms with Crippen molar-refractivity contribution in [2.75, 3.05) is 33.3 Å². The normalized spacial score (nSPS) is 30.0. The van der Waals surface area contributed by atoms with Gasteiger partial charge in [-0.05, 0) is 32.6 Å². The number of rotatable bonds is 4. The van der Waals surface area contributed by atoms with Gasteiger partial charge in [-0.3, -0.25) is 9.69 Å². The molecule has 0 aromatic carbocycles. The van der Waals surface area contributed by atoms with E-state index in [1.54, 1.807) is 7.11 Å². The molecule has 21 heavy (non-hydrogen) atoms. The molecule has 5 heteroatoms. The summed E-state index contributed by atoms with van der Waals surface area (Å²) in [6, 6.07) is 0.198. The Morgan fingerprint density at radius 3 is 2.48 bits per heavy atom. The molecule has 2 aliphatic heterocycles. The highest BCUT2D eigenvalue weighted by atomic mass is 16.5. The van der Waals surface area contributed by atoms with Gasteiger partial charge < -0.3 is 15.4 Å². The summed E-state index contributed by atoms with van der Waals surface area (Å²) in [4.78, 5) is 17.1. The molecule has 0 aromatic heterocycles. The van der Waals surface area contributed by atoms with Crippen molar-refractivity contribution in [3.05, 3.63) is 0 Å². The van der Waals surface area contributed by atoms with E-state index in [2.05, 4.69) is 9.80 Å². The number of hydrogen-bond acceptors (Lipinski definition) is 4. The predicted molar refractivity (Wildman–Crippen MR) is 84.1 cm³/mol. The van der Waals surface area contributed by atoms with E-state index < -0.39 is 0 Å². The minimum Gasteiger partial charge on any atom is -0.381 e. The van der Waals surface area contributed by atoms with E-state index in [0.717, 1.165) is 45.3 Å². The van der Waals surface area contributed by atoms with Crippen LogP contribution in [-0.4, -0.2) is 67.2 Å². The van der Waals surface area contributed by atoms with Crippen molar-refractivity contribution in [1.82, 2.24) is 9.80 Å². The van der Waals surface area contributed by atoms with Crippen LogP contribution in [0, 0.1) is 0 Å². The monoisotopic (exact) mass is 297 g/mol. The molecule has 2 rings (SSSR count). The van der Waals surface area contributed by atoms with Gasteiger partial charge in [-0.2, -0.15) is 0 Å². The quantitative estimate of drug-likeness (QED) is 0.847. The third-order valence-corrected chi connectivity index (χ3v) is 5.09. The van der Waals surface area contributed by atoms with Gasteiger partial charge in [-0.15, -0.1) is 0 Å². The smallest absolute Gasteiger partial charge is 0.239 e. The van der Waals surface area contributed by atoms with Gasteiger partial charge in [0, 0.05) is 39.3 Å². The van der Waals surface area contributed by atoms with Crippen molar-refractivity contribution in [3.8, 4) is 0 Å². The summed E-state index contributed by atoms with van der Waals surface area (Å²) >= 11 is 0. The number of ether oxygens (including phenoxy) is 1. The van der Waals surface area contributed by atoms with Crippen LogP contribution in [-0.2, 0) is 9.53 Å². The van der Waals surface area contributed by atoms with Crippen molar-refractivity contribution in [2.45, 2.75) is 63.6 Å². The first kappa shape index (κ1) is 16.7. The lowest BCUT2D eigenvalue weighted by atomic mass is 9.97. The maximum absolute atomic E-state index is 12.8. The van der Waals surface area contributed by atoms with Crippen LogP contribution >= 0.6 is 0 Å². The van der Waals surface area contributed by atoms with E-state index in [4.69, 9.17) is 10.5 Å². The summed E-state index contributed by atoms with van der Waals surface area (Å²) in [7, 11) is 1.76. The summed E-state index contributed by atoms with van der Waals surface area (Å²) in [6.07, 6.45) is 7.01. The second-order valence-electron chi connectivity index (χ2n) is 6.42. The molecule has 5 nitrogen and oxygen atoms in total. The topological polar surface area (TPSA) is 58.8 Å². The zero-order valence-corrected chi connectivity index (χ0v) is 13.6. The molecule has 0 aliphatic carbocycles. The summed E-state index contributed by atoms with van der Waals surface area (Å²) in [5.74, 6) is 0.284. The molecule has 1 amide bonds. The average molecular weight is 297 g/mol. The van der Waals surface area contributed by atoms with Crippen molar-refractivity contribution in [2.24, 2.45) is 5.73 Å². The number of carbonyl (C=O) groups is 1. The van der Waals surface area contributed by atoms with Crippen LogP contribution in [0.5, 0.6) is 0 Å². The molecule has 0 radical (unpaired) electrons. The largest absolute Gasteiger partial charge is 0.381 e. The summed E-state index contributed by atoms with van der Waals surface area (Å²) in [6.45, 7) is 5.39. The van der Waals surface area contributed by atoms with Gasteiger partial charge in [0.05, 0.1) is 12.1 Å². The van der Waals surface area contributed by atoms with E-state index in [1.807, 2.05) is 6.92 Å². The van der Waals surface area contributed by atoms with Crippen molar-refractivity contribution >= 4 is 5.91 Å². The van der Waals surface area contributed by atoms with Gasteiger partial charge in [-0.25, -0.2) is 0 Å². The van der Waals surface area contributed by atoms with E-state index in [-0.39, 0.29) is 24.1 Å². The highest BCUT2D eigenvalue weighted by molar-refractivity contribution is 5.81.